The molecule has 0 unspecified atom stereocenters. The Bertz CT molecular complexity index is 1590. The van der Waals surface area contributed by atoms with Gasteiger partial charge in [-0.05, 0) is 37.6 Å². The van der Waals surface area contributed by atoms with Crippen LogP contribution in [0.2, 0.25) is 0 Å². The Balaban J connectivity index is 1.35. The topological polar surface area (TPSA) is 132 Å². The number of ether oxygens (including phenoxy) is 1. The van der Waals surface area contributed by atoms with Crippen LogP contribution >= 0.6 is 0 Å². The fourth-order valence-electron chi connectivity index (χ4n) is 4.02. The van der Waals surface area contributed by atoms with Gasteiger partial charge in [0.15, 0.2) is 11.3 Å². The van der Waals surface area contributed by atoms with Crippen LogP contribution in [0.1, 0.15) is 21.7 Å². The van der Waals surface area contributed by atoms with E-state index in [-0.39, 0.29) is 5.69 Å². The second kappa shape index (κ2) is 9.43. The molecule has 6 heterocycles. The van der Waals surface area contributed by atoms with Crippen LogP contribution in [0.25, 0.3) is 34.1 Å². The van der Waals surface area contributed by atoms with Crippen molar-refractivity contribution in [1.82, 2.24) is 24.9 Å². The van der Waals surface area contributed by atoms with Gasteiger partial charge in [0.05, 0.1) is 24.6 Å². The number of amides is 1. The first-order valence-corrected chi connectivity index (χ1v) is 11.8. The van der Waals surface area contributed by atoms with Crippen molar-refractivity contribution in [2.75, 3.05) is 36.5 Å². The third-order valence-corrected chi connectivity index (χ3v) is 5.94. The van der Waals surface area contributed by atoms with Gasteiger partial charge >= 0.3 is 0 Å². The Labute approximate surface area is 211 Å². The summed E-state index contributed by atoms with van der Waals surface area (Å²) in [6.45, 7) is 6.38. The molecule has 0 aliphatic carbocycles. The molecule has 1 aliphatic heterocycles. The normalized spacial score (nSPS) is 13.7. The molecule has 5 aromatic rings. The summed E-state index contributed by atoms with van der Waals surface area (Å²) in [6.07, 6.45) is 4.73. The fraction of sp³-hybridized carbons (Fsp3) is 0.231. The summed E-state index contributed by atoms with van der Waals surface area (Å²) < 4.78 is 17.0. The maximum atomic E-state index is 13.2. The first-order chi connectivity index (χ1) is 18.0. The predicted octanol–water partition coefficient (Wildman–Crippen LogP) is 4.04. The summed E-state index contributed by atoms with van der Waals surface area (Å²) in [7, 11) is 0. The Morgan fingerprint density at radius 3 is 2.68 bits per heavy atom. The lowest BCUT2D eigenvalue weighted by atomic mass is 10.2. The van der Waals surface area contributed by atoms with E-state index >= 15 is 0 Å². The quantitative estimate of drug-likeness (QED) is 0.379. The van der Waals surface area contributed by atoms with E-state index in [1.807, 2.05) is 36.9 Å². The molecular weight excluding hydrogens is 474 g/mol. The second-order valence-corrected chi connectivity index (χ2v) is 8.70. The standard InChI is InChI=1S/C26H23N7O4/c1-15-3-4-18(28-13-15)22-19(12-21-23(31-22)32-26(37-21)33-7-9-35-10-8-33)29-24(34)20-14-36-25(30-20)17-5-6-27-16(2)11-17/h3-6,11-14H,7-10H2,1-2H3,(H,29,34). The van der Waals surface area contributed by atoms with E-state index in [2.05, 4.69) is 25.3 Å². The van der Waals surface area contributed by atoms with Crippen molar-refractivity contribution in [2.24, 2.45) is 0 Å². The number of nitrogens with one attached hydrogen (secondary N) is 1. The van der Waals surface area contributed by atoms with E-state index in [4.69, 9.17) is 18.6 Å². The summed E-state index contributed by atoms with van der Waals surface area (Å²) in [6, 6.07) is 9.56. The number of hydrogen-bond acceptors (Lipinski definition) is 10. The molecule has 0 saturated carbocycles. The maximum absolute atomic E-state index is 13.2. The summed E-state index contributed by atoms with van der Waals surface area (Å²) in [4.78, 5) is 37.5. The SMILES string of the molecule is Cc1ccc(-c2nc3nc(N4CCOCC4)oc3cc2NC(=O)c2coc(-c3ccnc(C)c3)n2)nc1. The van der Waals surface area contributed by atoms with Gasteiger partial charge in [0, 0.05) is 42.8 Å². The average molecular weight is 498 g/mol. The summed E-state index contributed by atoms with van der Waals surface area (Å²) in [5.41, 5.74) is 5.03. The number of carbonyl (C=O) groups is 1. The zero-order chi connectivity index (χ0) is 25.4. The highest BCUT2D eigenvalue weighted by Gasteiger charge is 2.22. The molecule has 1 saturated heterocycles. The maximum Gasteiger partial charge on any atom is 0.300 e. The highest BCUT2D eigenvalue weighted by Crippen LogP contribution is 2.31. The Hall–Kier alpha value is -4.64. The molecular formula is C26H23N7O4. The van der Waals surface area contributed by atoms with Gasteiger partial charge in [-0.2, -0.15) is 4.98 Å². The van der Waals surface area contributed by atoms with Gasteiger partial charge in [0.2, 0.25) is 11.5 Å². The minimum Gasteiger partial charge on any atom is -0.444 e. The van der Waals surface area contributed by atoms with E-state index in [0.29, 0.717) is 66.5 Å². The van der Waals surface area contributed by atoms with Crippen molar-refractivity contribution < 1.29 is 18.4 Å². The zero-order valence-electron chi connectivity index (χ0n) is 20.3. The van der Waals surface area contributed by atoms with Gasteiger partial charge in [0.1, 0.15) is 12.0 Å². The van der Waals surface area contributed by atoms with E-state index in [0.717, 1.165) is 16.8 Å². The Kier molecular flexibility index (Phi) is 5.81. The largest absolute Gasteiger partial charge is 0.444 e. The van der Waals surface area contributed by atoms with Crippen molar-refractivity contribution in [3.63, 3.8) is 0 Å². The fourth-order valence-corrected chi connectivity index (χ4v) is 4.02. The molecule has 11 nitrogen and oxygen atoms in total. The number of fused-ring (bicyclic) bond motifs is 1. The monoisotopic (exact) mass is 497 g/mol. The van der Waals surface area contributed by atoms with Crippen molar-refractivity contribution in [1.29, 1.82) is 0 Å². The molecule has 5 aromatic heterocycles. The van der Waals surface area contributed by atoms with Gasteiger partial charge in [-0.1, -0.05) is 6.07 Å². The number of oxazole rings is 2. The molecule has 1 fully saturated rings. The molecule has 37 heavy (non-hydrogen) atoms. The van der Waals surface area contributed by atoms with Crippen LogP contribution in [0.4, 0.5) is 11.7 Å². The van der Waals surface area contributed by atoms with Gasteiger partial charge in [-0.25, -0.2) is 9.97 Å². The van der Waals surface area contributed by atoms with Crippen LogP contribution in [-0.2, 0) is 4.74 Å². The number of rotatable bonds is 5. The predicted molar refractivity (Wildman–Crippen MR) is 135 cm³/mol. The molecule has 0 aromatic carbocycles. The lowest BCUT2D eigenvalue weighted by Crippen LogP contribution is -2.36. The van der Waals surface area contributed by atoms with Crippen LogP contribution in [0.3, 0.4) is 0 Å². The Morgan fingerprint density at radius 1 is 1.03 bits per heavy atom. The molecule has 186 valence electrons. The summed E-state index contributed by atoms with van der Waals surface area (Å²) >= 11 is 0. The molecule has 1 N–H and O–H groups in total. The van der Waals surface area contributed by atoms with E-state index in [1.165, 1.54) is 6.26 Å². The highest BCUT2D eigenvalue weighted by atomic mass is 16.5. The van der Waals surface area contributed by atoms with Crippen molar-refractivity contribution >= 4 is 28.8 Å². The third kappa shape index (κ3) is 4.64. The smallest absolute Gasteiger partial charge is 0.300 e. The van der Waals surface area contributed by atoms with Gasteiger partial charge in [-0.3, -0.25) is 14.8 Å². The number of pyridine rings is 3. The van der Waals surface area contributed by atoms with E-state index in [9.17, 15) is 4.79 Å². The average Bonchev–Trinajstić information content (AvgIpc) is 3.57. The first-order valence-electron chi connectivity index (χ1n) is 11.8. The van der Waals surface area contributed by atoms with Crippen LogP contribution in [0.5, 0.6) is 0 Å². The first kappa shape index (κ1) is 22.8. The van der Waals surface area contributed by atoms with Gasteiger partial charge < -0.3 is 23.8 Å². The molecule has 0 spiro atoms. The van der Waals surface area contributed by atoms with Crippen molar-refractivity contribution in [3.8, 4) is 22.8 Å². The second-order valence-electron chi connectivity index (χ2n) is 8.70. The number of aryl methyl sites for hydroxylation is 2. The summed E-state index contributed by atoms with van der Waals surface area (Å²) in [5, 5.41) is 2.90. The van der Waals surface area contributed by atoms with Crippen molar-refractivity contribution in [3.05, 3.63) is 65.9 Å². The molecule has 0 atom stereocenters. The molecule has 1 aliphatic rings. The Morgan fingerprint density at radius 2 is 1.89 bits per heavy atom. The van der Waals surface area contributed by atoms with E-state index < -0.39 is 5.91 Å². The van der Waals surface area contributed by atoms with E-state index in [1.54, 1.807) is 24.5 Å². The number of carbonyl (C=O) groups excluding carboxylic acids is 1. The number of morpholine rings is 1. The summed E-state index contributed by atoms with van der Waals surface area (Å²) in [5.74, 6) is -0.127. The molecule has 11 heteroatoms. The van der Waals surface area contributed by atoms with Gasteiger partial charge in [-0.15, -0.1) is 0 Å². The lowest BCUT2D eigenvalue weighted by molar-refractivity contribution is 0.102. The molecule has 0 bridgehead atoms. The number of nitrogens with zero attached hydrogens (tertiary/aromatic N) is 6. The van der Waals surface area contributed by atoms with Gasteiger partial charge in [0.25, 0.3) is 11.9 Å². The molecule has 6 rings (SSSR count). The third-order valence-electron chi connectivity index (χ3n) is 5.94. The van der Waals surface area contributed by atoms with Crippen LogP contribution in [0, 0.1) is 13.8 Å². The highest BCUT2D eigenvalue weighted by molar-refractivity contribution is 6.05. The van der Waals surface area contributed by atoms with Crippen molar-refractivity contribution in [2.45, 2.75) is 13.8 Å². The minimum atomic E-state index is -0.455. The lowest BCUT2D eigenvalue weighted by Gasteiger charge is -2.24. The number of anilines is 2. The molecule has 0 radical (unpaired) electrons. The zero-order valence-corrected chi connectivity index (χ0v) is 20.3. The number of aromatic nitrogens is 5. The van der Waals surface area contributed by atoms with Crippen LogP contribution in [-0.4, -0.2) is 57.1 Å². The number of hydrogen-bond donors (Lipinski definition) is 1. The minimum absolute atomic E-state index is 0.124. The molecule has 1 amide bonds. The van der Waals surface area contributed by atoms with Crippen LogP contribution < -0.4 is 10.2 Å². The van der Waals surface area contributed by atoms with Crippen LogP contribution in [0.15, 0.2) is 57.8 Å².